The molecule has 3 nitrogen and oxygen atoms in total. The Kier molecular flexibility index (Phi) is 4.19. The van der Waals surface area contributed by atoms with Crippen molar-refractivity contribution >= 4 is 5.97 Å². The molecule has 1 aliphatic rings. The predicted octanol–water partition coefficient (Wildman–Crippen LogP) is 3.43. The number of fused-ring (bicyclic) bond motifs is 1. The molecule has 3 heteroatoms. The third kappa shape index (κ3) is 2.73. The van der Waals surface area contributed by atoms with Crippen LogP contribution < -0.4 is 5.32 Å². The van der Waals surface area contributed by atoms with Gasteiger partial charge in [0.2, 0.25) is 0 Å². The van der Waals surface area contributed by atoms with Crippen molar-refractivity contribution in [1.82, 2.24) is 5.32 Å². The summed E-state index contributed by atoms with van der Waals surface area (Å²) in [5, 5.41) is 12.9. The van der Waals surface area contributed by atoms with E-state index in [0.29, 0.717) is 0 Å². The average Bonchev–Trinajstić information content (AvgIpc) is 2.41. The highest BCUT2D eigenvalue weighted by Gasteiger charge is 2.43. The minimum atomic E-state index is -0.733. The zero-order chi connectivity index (χ0) is 14.8. The van der Waals surface area contributed by atoms with Gasteiger partial charge in [-0.25, -0.2) is 0 Å². The Morgan fingerprint density at radius 3 is 2.50 bits per heavy atom. The van der Waals surface area contributed by atoms with Gasteiger partial charge in [-0.05, 0) is 42.3 Å². The van der Waals surface area contributed by atoms with Crippen LogP contribution in [0.15, 0.2) is 24.3 Å². The molecule has 0 heterocycles. The standard InChI is InChI=1S/C17H25NO2/c1-4-11-18-17(12-15(19)20)10-9-16(2,3)13-7-5-6-8-14(13)17/h5-8,18H,4,9-12H2,1-3H3,(H,19,20). The fraction of sp³-hybridized carbons (Fsp3) is 0.588. The predicted molar refractivity (Wildman–Crippen MR) is 80.9 cm³/mol. The summed E-state index contributed by atoms with van der Waals surface area (Å²) in [5.74, 6) is -0.733. The molecule has 1 unspecified atom stereocenters. The van der Waals surface area contributed by atoms with Crippen LogP contribution in [0.1, 0.15) is 57.6 Å². The molecule has 2 rings (SSSR count). The number of benzene rings is 1. The molecule has 0 fully saturated rings. The van der Waals surface area contributed by atoms with Crippen molar-refractivity contribution in [2.45, 2.75) is 57.4 Å². The maximum Gasteiger partial charge on any atom is 0.305 e. The molecule has 1 atom stereocenters. The molecule has 0 saturated heterocycles. The summed E-state index contributed by atoms with van der Waals surface area (Å²) in [5.41, 5.74) is 2.17. The largest absolute Gasteiger partial charge is 0.481 e. The fourth-order valence-corrected chi connectivity index (χ4v) is 3.34. The van der Waals surface area contributed by atoms with Crippen LogP contribution in [0.5, 0.6) is 0 Å². The molecular weight excluding hydrogens is 250 g/mol. The van der Waals surface area contributed by atoms with Crippen LogP contribution in [-0.4, -0.2) is 17.6 Å². The first-order valence-electron chi connectivity index (χ1n) is 7.48. The lowest BCUT2D eigenvalue weighted by Gasteiger charge is -2.45. The van der Waals surface area contributed by atoms with Gasteiger partial charge < -0.3 is 10.4 Å². The SMILES string of the molecule is CCCNC1(CC(=O)O)CCC(C)(C)c2ccccc21. The summed E-state index contributed by atoms with van der Waals surface area (Å²) in [6.07, 6.45) is 3.05. The first kappa shape index (κ1) is 15.0. The monoisotopic (exact) mass is 275 g/mol. The summed E-state index contributed by atoms with van der Waals surface area (Å²) in [6.45, 7) is 7.45. The van der Waals surface area contributed by atoms with Crippen LogP contribution in [0.2, 0.25) is 0 Å². The summed E-state index contributed by atoms with van der Waals surface area (Å²) in [7, 11) is 0. The molecule has 110 valence electrons. The average molecular weight is 275 g/mol. The summed E-state index contributed by atoms with van der Waals surface area (Å²) in [4.78, 5) is 11.4. The summed E-state index contributed by atoms with van der Waals surface area (Å²) < 4.78 is 0. The Labute approximate surface area is 121 Å². The zero-order valence-corrected chi connectivity index (χ0v) is 12.7. The number of carboxylic acid groups (broad SMARTS) is 1. The number of rotatable bonds is 5. The molecule has 0 amide bonds. The third-order valence-corrected chi connectivity index (χ3v) is 4.51. The topological polar surface area (TPSA) is 49.3 Å². The van der Waals surface area contributed by atoms with E-state index in [0.717, 1.165) is 25.8 Å². The Morgan fingerprint density at radius 2 is 1.90 bits per heavy atom. The molecule has 0 radical (unpaired) electrons. The van der Waals surface area contributed by atoms with Gasteiger partial charge in [-0.2, -0.15) is 0 Å². The molecule has 0 aromatic heterocycles. The molecule has 0 spiro atoms. The maximum atomic E-state index is 11.4. The number of hydrogen-bond donors (Lipinski definition) is 2. The molecule has 2 N–H and O–H groups in total. The summed E-state index contributed by atoms with van der Waals surface area (Å²) in [6, 6.07) is 8.32. The normalized spacial score (nSPS) is 24.1. The van der Waals surface area contributed by atoms with E-state index in [1.165, 1.54) is 11.1 Å². The van der Waals surface area contributed by atoms with Gasteiger partial charge in [-0.15, -0.1) is 0 Å². The van der Waals surface area contributed by atoms with Gasteiger partial charge in [0.05, 0.1) is 12.0 Å². The Bertz CT molecular complexity index is 496. The van der Waals surface area contributed by atoms with Gasteiger partial charge in [-0.1, -0.05) is 45.0 Å². The fourth-order valence-electron chi connectivity index (χ4n) is 3.34. The Balaban J connectivity index is 2.49. The lowest BCUT2D eigenvalue weighted by Crippen LogP contribution is -2.49. The van der Waals surface area contributed by atoms with E-state index in [-0.39, 0.29) is 11.8 Å². The number of nitrogens with one attached hydrogen (secondary N) is 1. The van der Waals surface area contributed by atoms with Crippen LogP contribution in [0.3, 0.4) is 0 Å². The van der Waals surface area contributed by atoms with Crippen LogP contribution in [0.25, 0.3) is 0 Å². The van der Waals surface area contributed by atoms with Gasteiger partial charge >= 0.3 is 5.97 Å². The second kappa shape index (κ2) is 5.57. The van der Waals surface area contributed by atoms with Crippen molar-refractivity contribution in [3.05, 3.63) is 35.4 Å². The number of carbonyl (C=O) groups is 1. The van der Waals surface area contributed by atoms with Crippen molar-refractivity contribution < 1.29 is 9.90 Å². The minimum Gasteiger partial charge on any atom is -0.481 e. The summed E-state index contributed by atoms with van der Waals surface area (Å²) >= 11 is 0. The first-order valence-corrected chi connectivity index (χ1v) is 7.48. The van der Waals surface area contributed by atoms with Crippen molar-refractivity contribution in [3.8, 4) is 0 Å². The van der Waals surface area contributed by atoms with E-state index in [4.69, 9.17) is 0 Å². The van der Waals surface area contributed by atoms with E-state index >= 15 is 0 Å². The van der Waals surface area contributed by atoms with Crippen molar-refractivity contribution in [1.29, 1.82) is 0 Å². The van der Waals surface area contributed by atoms with Crippen molar-refractivity contribution in [2.24, 2.45) is 0 Å². The lowest BCUT2D eigenvalue weighted by molar-refractivity contribution is -0.139. The van der Waals surface area contributed by atoms with Crippen LogP contribution >= 0.6 is 0 Å². The minimum absolute atomic E-state index is 0.118. The van der Waals surface area contributed by atoms with Crippen LogP contribution in [0.4, 0.5) is 0 Å². The highest BCUT2D eigenvalue weighted by atomic mass is 16.4. The Morgan fingerprint density at radius 1 is 1.25 bits per heavy atom. The number of carboxylic acids is 1. The van der Waals surface area contributed by atoms with Gasteiger partial charge in [0.25, 0.3) is 0 Å². The van der Waals surface area contributed by atoms with Crippen LogP contribution in [0, 0.1) is 0 Å². The molecule has 1 aliphatic carbocycles. The smallest absolute Gasteiger partial charge is 0.305 e. The maximum absolute atomic E-state index is 11.4. The number of hydrogen-bond acceptors (Lipinski definition) is 2. The molecule has 1 aromatic carbocycles. The zero-order valence-electron chi connectivity index (χ0n) is 12.7. The van der Waals surface area contributed by atoms with Crippen molar-refractivity contribution in [3.63, 3.8) is 0 Å². The quantitative estimate of drug-likeness (QED) is 0.865. The van der Waals surface area contributed by atoms with E-state index in [2.05, 4.69) is 44.3 Å². The second-order valence-corrected chi connectivity index (χ2v) is 6.51. The lowest BCUT2D eigenvalue weighted by atomic mass is 9.64. The van der Waals surface area contributed by atoms with Crippen LogP contribution in [-0.2, 0) is 15.7 Å². The molecule has 1 aromatic rings. The van der Waals surface area contributed by atoms with E-state index < -0.39 is 11.5 Å². The van der Waals surface area contributed by atoms with E-state index in [1.807, 2.05) is 6.07 Å². The molecule has 0 aliphatic heterocycles. The molecule has 0 bridgehead atoms. The molecular formula is C17H25NO2. The van der Waals surface area contributed by atoms with E-state index in [9.17, 15) is 9.90 Å². The Hall–Kier alpha value is -1.35. The van der Waals surface area contributed by atoms with Gasteiger partial charge in [0.1, 0.15) is 0 Å². The highest BCUT2D eigenvalue weighted by molar-refractivity contribution is 5.69. The van der Waals surface area contributed by atoms with Gasteiger partial charge in [0.15, 0.2) is 0 Å². The van der Waals surface area contributed by atoms with Gasteiger partial charge in [0, 0.05) is 0 Å². The second-order valence-electron chi connectivity index (χ2n) is 6.51. The third-order valence-electron chi connectivity index (χ3n) is 4.51. The number of aliphatic carboxylic acids is 1. The first-order chi connectivity index (χ1) is 9.41. The van der Waals surface area contributed by atoms with Crippen molar-refractivity contribution in [2.75, 3.05) is 6.54 Å². The molecule has 0 saturated carbocycles. The molecule has 20 heavy (non-hydrogen) atoms. The highest BCUT2D eigenvalue weighted by Crippen LogP contribution is 2.46. The van der Waals surface area contributed by atoms with Gasteiger partial charge in [-0.3, -0.25) is 4.79 Å². The van der Waals surface area contributed by atoms with E-state index in [1.54, 1.807) is 0 Å².